The van der Waals surface area contributed by atoms with Crippen LogP contribution in [0.2, 0.25) is 0 Å². The largest absolute Gasteiger partial charge is 0.451 e. The number of fused-ring (bicyclic) bond motifs is 2. The van der Waals surface area contributed by atoms with Gasteiger partial charge in [-0.15, -0.1) is 11.8 Å². The van der Waals surface area contributed by atoms with Crippen molar-refractivity contribution in [2.45, 2.75) is 43.7 Å². The van der Waals surface area contributed by atoms with Gasteiger partial charge in [0.1, 0.15) is 12.6 Å². The fraction of sp³-hybridized carbons (Fsp3) is 0.474. The number of ether oxygens (including phenoxy) is 1. The average molecular weight is 403 g/mol. The van der Waals surface area contributed by atoms with Crippen LogP contribution in [-0.2, 0) is 23.9 Å². The summed E-state index contributed by atoms with van der Waals surface area (Å²) in [7, 11) is 0. The van der Waals surface area contributed by atoms with E-state index in [4.69, 9.17) is 4.74 Å². The Morgan fingerprint density at radius 2 is 2.07 bits per heavy atom. The fourth-order valence-electron chi connectivity index (χ4n) is 3.95. The molecule has 0 radical (unpaired) electrons. The summed E-state index contributed by atoms with van der Waals surface area (Å²) in [4.78, 5) is 52.3. The first-order chi connectivity index (χ1) is 13.3. The standard InChI is InChI=1S/C19H21N3O5S/c1-11(17(25)21-9-15(23)20-12-5-3-4-6-13(12)21)27-18(26)14-10-28-19(2)8-7-16(24)22(14)19/h3-6,11,14H,7-10H2,1-2H3,(H,20,23)/t11-,14+,19-/m0/s1. The monoisotopic (exact) mass is 403 g/mol. The van der Waals surface area contributed by atoms with Crippen molar-refractivity contribution in [3.8, 4) is 0 Å². The molecule has 8 nitrogen and oxygen atoms in total. The second kappa shape index (κ2) is 6.80. The Morgan fingerprint density at radius 1 is 1.32 bits per heavy atom. The third-order valence-corrected chi connectivity index (χ3v) is 6.90. The number of benzene rings is 1. The molecule has 4 rings (SSSR count). The summed E-state index contributed by atoms with van der Waals surface area (Å²) in [5.74, 6) is -0.971. The molecule has 0 unspecified atom stereocenters. The molecular formula is C19H21N3O5S. The van der Waals surface area contributed by atoms with Gasteiger partial charge in [-0.2, -0.15) is 0 Å². The molecule has 0 aliphatic carbocycles. The third-order valence-electron chi connectivity index (χ3n) is 5.39. The number of thioether (sulfide) groups is 1. The van der Waals surface area contributed by atoms with Crippen molar-refractivity contribution in [3.63, 3.8) is 0 Å². The molecule has 9 heteroatoms. The van der Waals surface area contributed by atoms with Crippen molar-refractivity contribution in [1.82, 2.24) is 4.90 Å². The van der Waals surface area contributed by atoms with E-state index in [1.165, 1.54) is 11.8 Å². The first-order valence-corrected chi connectivity index (χ1v) is 10.2. The highest BCUT2D eigenvalue weighted by molar-refractivity contribution is 8.01. The van der Waals surface area contributed by atoms with E-state index in [0.29, 0.717) is 30.0 Å². The first-order valence-electron chi connectivity index (χ1n) is 9.17. The molecule has 1 aromatic carbocycles. The van der Waals surface area contributed by atoms with Gasteiger partial charge < -0.3 is 15.0 Å². The van der Waals surface area contributed by atoms with Gasteiger partial charge in [0.2, 0.25) is 11.8 Å². The molecule has 148 valence electrons. The molecule has 0 aromatic heterocycles. The Labute approximate surface area is 166 Å². The van der Waals surface area contributed by atoms with Gasteiger partial charge >= 0.3 is 5.97 Å². The van der Waals surface area contributed by atoms with Gasteiger partial charge in [-0.3, -0.25) is 19.3 Å². The van der Waals surface area contributed by atoms with Gasteiger partial charge in [0.15, 0.2) is 6.10 Å². The maximum absolute atomic E-state index is 12.9. The average Bonchev–Trinajstić information content (AvgIpc) is 3.16. The quantitative estimate of drug-likeness (QED) is 0.766. The molecule has 0 spiro atoms. The van der Waals surface area contributed by atoms with Crippen LogP contribution in [0, 0.1) is 0 Å². The Morgan fingerprint density at radius 3 is 2.86 bits per heavy atom. The van der Waals surface area contributed by atoms with E-state index in [0.717, 1.165) is 0 Å². The summed E-state index contributed by atoms with van der Waals surface area (Å²) in [5, 5.41) is 2.72. The molecular weight excluding hydrogens is 382 g/mol. The van der Waals surface area contributed by atoms with Crippen molar-refractivity contribution in [2.24, 2.45) is 0 Å². The number of hydrogen-bond donors (Lipinski definition) is 1. The number of nitrogens with zero attached hydrogens (tertiary/aromatic N) is 2. The number of para-hydroxylation sites is 2. The van der Waals surface area contributed by atoms with Crippen LogP contribution in [0.4, 0.5) is 11.4 Å². The molecule has 0 saturated carbocycles. The fourth-order valence-corrected chi connectivity index (χ4v) is 5.36. The molecule has 3 heterocycles. The highest BCUT2D eigenvalue weighted by atomic mass is 32.2. The van der Waals surface area contributed by atoms with Crippen LogP contribution in [-0.4, -0.2) is 57.9 Å². The van der Waals surface area contributed by atoms with Crippen LogP contribution in [0.5, 0.6) is 0 Å². The van der Waals surface area contributed by atoms with Crippen molar-refractivity contribution in [2.75, 3.05) is 22.5 Å². The number of anilines is 2. The Hall–Kier alpha value is -2.55. The number of rotatable bonds is 3. The highest BCUT2D eigenvalue weighted by Crippen LogP contribution is 2.47. The number of nitrogens with one attached hydrogen (secondary N) is 1. The van der Waals surface area contributed by atoms with Crippen molar-refractivity contribution in [1.29, 1.82) is 0 Å². The summed E-state index contributed by atoms with van der Waals surface area (Å²) in [6.45, 7) is 3.30. The summed E-state index contributed by atoms with van der Waals surface area (Å²) in [5.41, 5.74) is 1.10. The maximum atomic E-state index is 12.9. The minimum atomic E-state index is -1.07. The summed E-state index contributed by atoms with van der Waals surface area (Å²) in [6, 6.07) is 6.28. The van der Waals surface area contributed by atoms with Crippen LogP contribution in [0.3, 0.4) is 0 Å². The van der Waals surface area contributed by atoms with Gasteiger partial charge in [0, 0.05) is 12.2 Å². The van der Waals surface area contributed by atoms with E-state index in [1.54, 1.807) is 40.9 Å². The van der Waals surface area contributed by atoms with Crippen LogP contribution in [0.1, 0.15) is 26.7 Å². The molecule has 3 aliphatic rings. The number of esters is 1. The Kier molecular flexibility index (Phi) is 4.57. The molecule has 2 saturated heterocycles. The SMILES string of the molecule is C[C@H](OC(=O)[C@H]1CS[C@@]2(C)CCC(=O)N12)C(=O)N1CC(=O)Nc2ccccc21. The van der Waals surface area contributed by atoms with Gasteiger partial charge in [0.05, 0.1) is 16.2 Å². The minimum absolute atomic E-state index is 0.0601. The number of carbonyl (C=O) groups excluding carboxylic acids is 4. The lowest BCUT2D eigenvalue weighted by molar-refractivity contribution is -0.160. The topological polar surface area (TPSA) is 96.0 Å². The van der Waals surface area contributed by atoms with Crippen molar-refractivity contribution in [3.05, 3.63) is 24.3 Å². The Bertz CT molecular complexity index is 875. The molecule has 3 atom stereocenters. The minimum Gasteiger partial charge on any atom is -0.451 e. The van der Waals surface area contributed by atoms with E-state index in [2.05, 4.69) is 5.32 Å². The zero-order valence-corrected chi connectivity index (χ0v) is 16.5. The van der Waals surface area contributed by atoms with Gasteiger partial charge in [-0.05, 0) is 32.4 Å². The lowest BCUT2D eigenvalue weighted by Gasteiger charge is -2.32. The summed E-state index contributed by atoms with van der Waals surface area (Å²) in [6.07, 6.45) is 0.0524. The highest BCUT2D eigenvalue weighted by Gasteiger charge is 2.53. The van der Waals surface area contributed by atoms with Crippen molar-refractivity contribution >= 4 is 46.8 Å². The zero-order chi connectivity index (χ0) is 20.1. The summed E-state index contributed by atoms with van der Waals surface area (Å²) < 4.78 is 5.43. The molecule has 2 fully saturated rings. The lowest BCUT2D eigenvalue weighted by atomic mass is 10.1. The Balaban J connectivity index is 1.48. The molecule has 3 amide bonds. The predicted molar refractivity (Wildman–Crippen MR) is 104 cm³/mol. The summed E-state index contributed by atoms with van der Waals surface area (Å²) >= 11 is 1.57. The smallest absolute Gasteiger partial charge is 0.330 e. The van der Waals surface area contributed by atoms with E-state index in [1.807, 2.05) is 6.92 Å². The maximum Gasteiger partial charge on any atom is 0.330 e. The van der Waals surface area contributed by atoms with Crippen LogP contribution >= 0.6 is 11.8 Å². The second-order valence-corrected chi connectivity index (χ2v) is 8.84. The van der Waals surface area contributed by atoms with Crippen LogP contribution in [0.15, 0.2) is 24.3 Å². The normalized spacial score (nSPS) is 27.1. The van der Waals surface area contributed by atoms with E-state index >= 15 is 0 Å². The molecule has 28 heavy (non-hydrogen) atoms. The second-order valence-electron chi connectivity index (χ2n) is 7.33. The molecule has 0 bridgehead atoms. The number of hydrogen-bond acceptors (Lipinski definition) is 6. The first kappa shape index (κ1) is 18.8. The molecule has 1 N–H and O–H groups in total. The molecule has 3 aliphatic heterocycles. The van der Waals surface area contributed by atoms with Gasteiger partial charge in [-0.25, -0.2) is 4.79 Å². The number of carbonyl (C=O) groups is 4. The van der Waals surface area contributed by atoms with Gasteiger partial charge in [-0.1, -0.05) is 12.1 Å². The number of amides is 3. The van der Waals surface area contributed by atoms with E-state index in [-0.39, 0.29) is 23.2 Å². The van der Waals surface area contributed by atoms with Crippen molar-refractivity contribution < 1.29 is 23.9 Å². The third kappa shape index (κ3) is 3.03. The van der Waals surface area contributed by atoms with Crippen LogP contribution in [0.25, 0.3) is 0 Å². The predicted octanol–water partition coefficient (Wildman–Crippen LogP) is 1.36. The van der Waals surface area contributed by atoms with Gasteiger partial charge in [0.25, 0.3) is 5.91 Å². The van der Waals surface area contributed by atoms with E-state index < -0.39 is 24.0 Å². The zero-order valence-electron chi connectivity index (χ0n) is 15.6. The van der Waals surface area contributed by atoms with E-state index in [9.17, 15) is 19.2 Å². The molecule has 1 aromatic rings. The lowest BCUT2D eigenvalue weighted by Crippen LogP contribution is -2.50. The van der Waals surface area contributed by atoms with Crippen LogP contribution < -0.4 is 10.2 Å².